The van der Waals surface area contributed by atoms with Gasteiger partial charge < -0.3 is 10.3 Å². The first-order valence-corrected chi connectivity index (χ1v) is 6.10. The molecule has 0 atom stereocenters. The van der Waals surface area contributed by atoms with E-state index in [0.717, 1.165) is 28.1 Å². The van der Waals surface area contributed by atoms with Crippen molar-refractivity contribution in [1.29, 1.82) is 0 Å². The average Bonchev–Trinajstić information content (AvgIpc) is 2.59. The number of nitrogens with two attached hydrogens (primary N) is 1. The maximum absolute atomic E-state index is 12.9. The number of benzene rings is 1. The van der Waals surface area contributed by atoms with Gasteiger partial charge in [-0.05, 0) is 46.7 Å². The maximum atomic E-state index is 12.9. The summed E-state index contributed by atoms with van der Waals surface area (Å²) in [6, 6.07) is 6.30. The lowest BCUT2D eigenvalue weighted by molar-refractivity contribution is 0.628. The molecule has 3 nitrogen and oxygen atoms in total. The Kier molecular flexibility index (Phi) is 3.59. The summed E-state index contributed by atoms with van der Waals surface area (Å²) in [7, 11) is 1.93. The maximum Gasteiger partial charge on any atom is 0.141 e. The molecule has 0 unspecified atom stereocenters. The Morgan fingerprint density at radius 2 is 2.00 bits per heavy atom. The number of imidazole rings is 1. The van der Waals surface area contributed by atoms with Gasteiger partial charge in [0.1, 0.15) is 16.2 Å². The molecule has 0 saturated carbocycles. The number of hydrogen-bond donors (Lipinski definition) is 1. The third-order valence-electron chi connectivity index (χ3n) is 2.65. The van der Waals surface area contributed by atoms with Crippen LogP contribution >= 0.6 is 15.9 Å². The van der Waals surface area contributed by atoms with Crippen LogP contribution < -0.4 is 5.73 Å². The van der Waals surface area contributed by atoms with Gasteiger partial charge in [0.2, 0.25) is 0 Å². The molecule has 0 amide bonds. The van der Waals surface area contributed by atoms with Crippen LogP contribution in [-0.4, -0.2) is 16.1 Å². The fourth-order valence-corrected chi connectivity index (χ4v) is 2.40. The van der Waals surface area contributed by atoms with Crippen LogP contribution in [0.25, 0.3) is 11.4 Å². The Balaban J connectivity index is 2.46. The van der Waals surface area contributed by atoms with Crippen molar-refractivity contribution >= 4 is 15.9 Å². The molecule has 2 N–H and O–H groups in total. The van der Waals surface area contributed by atoms with Crippen LogP contribution in [0, 0.1) is 5.82 Å². The van der Waals surface area contributed by atoms with Gasteiger partial charge in [-0.25, -0.2) is 9.37 Å². The second-order valence-electron chi connectivity index (χ2n) is 3.78. The smallest absolute Gasteiger partial charge is 0.141 e. The highest BCUT2D eigenvalue weighted by atomic mass is 79.9. The fourth-order valence-electron chi connectivity index (χ4n) is 1.76. The van der Waals surface area contributed by atoms with Crippen molar-refractivity contribution in [3.63, 3.8) is 0 Å². The number of hydrogen-bond acceptors (Lipinski definition) is 2. The first-order valence-electron chi connectivity index (χ1n) is 5.30. The first kappa shape index (κ1) is 12.3. The van der Waals surface area contributed by atoms with Crippen LogP contribution in [0.3, 0.4) is 0 Å². The number of rotatable bonds is 3. The summed E-state index contributed by atoms with van der Waals surface area (Å²) in [5, 5.41) is 0. The molecule has 0 saturated heterocycles. The summed E-state index contributed by atoms with van der Waals surface area (Å²) in [5.41, 5.74) is 7.49. The topological polar surface area (TPSA) is 43.8 Å². The molecule has 0 aliphatic rings. The molecule has 1 aromatic carbocycles. The quantitative estimate of drug-likeness (QED) is 0.946. The zero-order chi connectivity index (χ0) is 12.4. The van der Waals surface area contributed by atoms with Gasteiger partial charge in [-0.1, -0.05) is 0 Å². The standard InChI is InChI=1S/C12H13BrFN3/c1-17-10(6-7-15)11(13)16-12(17)8-2-4-9(14)5-3-8/h2-5H,6-7,15H2,1H3. The Morgan fingerprint density at radius 1 is 1.35 bits per heavy atom. The minimum absolute atomic E-state index is 0.246. The minimum Gasteiger partial charge on any atom is -0.330 e. The molecule has 0 aliphatic heterocycles. The van der Waals surface area contributed by atoms with Crippen molar-refractivity contribution in [3.8, 4) is 11.4 Å². The van der Waals surface area contributed by atoms with Gasteiger partial charge in [-0.15, -0.1) is 0 Å². The summed E-state index contributed by atoms with van der Waals surface area (Å²) in [4.78, 5) is 4.43. The molecule has 2 rings (SSSR count). The van der Waals surface area contributed by atoms with E-state index in [1.165, 1.54) is 12.1 Å². The molecule has 17 heavy (non-hydrogen) atoms. The van der Waals surface area contributed by atoms with Gasteiger partial charge in [0.05, 0.1) is 5.69 Å². The predicted molar refractivity (Wildman–Crippen MR) is 69.1 cm³/mol. The summed E-state index contributed by atoms with van der Waals surface area (Å²) in [5.74, 6) is 0.560. The van der Waals surface area contributed by atoms with Gasteiger partial charge in [-0.3, -0.25) is 0 Å². The predicted octanol–water partition coefficient (Wildman–Crippen LogP) is 2.49. The van der Waals surface area contributed by atoms with Crippen LogP contribution in [0.4, 0.5) is 4.39 Å². The highest BCUT2D eigenvalue weighted by Gasteiger charge is 2.13. The minimum atomic E-state index is -0.246. The molecule has 0 fully saturated rings. The zero-order valence-corrected chi connectivity index (χ0v) is 11.0. The van der Waals surface area contributed by atoms with Gasteiger partial charge >= 0.3 is 0 Å². The van der Waals surface area contributed by atoms with E-state index in [4.69, 9.17) is 5.73 Å². The fraction of sp³-hybridized carbons (Fsp3) is 0.250. The molecule has 1 heterocycles. The zero-order valence-electron chi connectivity index (χ0n) is 9.45. The van der Waals surface area contributed by atoms with E-state index in [1.54, 1.807) is 12.1 Å². The first-order chi connectivity index (χ1) is 8.13. The van der Waals surface area contributed by atoms with E-state index >= 15 is 0 Å². The van der Waals surface area contributed by atoms with Crippen LogP contribution in [0.1, 0.15) is 5.69 Å². The van der Waals surface area contributed by atoms with Crippen molar-refractivity contribution < 1.29 is 4.39 Å². The van der Waals surface area contributed by atoms with Crippen LogP contribution in [0.2, 0.25) is 0 Å². The molecule has 2 aromatic rings. The Labute approximate surface area is 108 Å². The van der Waals surface area contributed by atoms with Gasteiger partial charge in [0.25, 0.3) is 0 Å². The highest BCUT2D eigenvalue weighted by Crippen LogP contribution is 2.25. The third kappa shape index (κ3) is 2.40. The van der Waals surface area contributed by atoms with Crippen LogP contribution in [-0.2, 0) is 13.5 Å². The monoisotopic (exact) mass is 297 g/mol. The lowest BCUT2D eigenvalue weighted by atomic mass is 10.2. The SMILES string of the molecule is Cn1c(-c2ccc(F)cc2)nc(Br)c1CCN. The number of halogens is 2. The summed E-state index contributed by atoms with van der Waals surface area (Å²) >= 11 is 3.42. The van der Waals surface area contributed by atoms with E-state index < -0.39 is 0 Å². The molecule has 0 radical (unpaired) electrons. The lowest BCUT2D eigenvalue weighted by Gasteiger charge is -2.05. The Morgan fingerprint density at radius 3 is 2.59 bits per heavy atom. The Bertz CT molecular complexity index is 519. The molecule has 0 spiro atoms. The molecule has 1 aromatic heterocycles. The average molecular weight is 298 g/mol. The number of nitrogens with zero attached hydrogens (tertiary/aromatic N) is 2. The van der Waals surface area contributed by atoms with E-state index in [9.17, 15) is 4.39 Å². The second kappa shape index (κ2) is 4.98. The normalized spacial score (nSPS) is 10.8. The third-order valence-corrected chi connectivity index (χ3v) is 3.28. The largest absolute Gasteiger partial charge is 0.330 e. The van der Waals surface area contributed by atoms with E-state index in [-0.39, 0.29) is 5.82 Å². The summed E-state index contributed by atoms with van der Waals surface area (Å²) in [6.07, 6.45) is 0.755. The van der Waals surface area contributed by atoms with E-state index in [0.29, 0.717) is 6.54 Å². The molecule has 0 aliphatic carbocycles. The van der Waals surface area contributed by atoms with Crippen LogP contribution in [0.15, 0.2) is 28.9 Å². The van der Waals surface area contributed by atoms with Crippen molar-refractivity contribution in [2.24, 2.45) is 12.8 Å². The molecule has 5 heteroatoms. The van der Waals surface area contributed by atoms with Crippen molar-refractivity contribution in [2.75, 3.05) is 6.54 Å². The Hall–Kier alpha value is -1.20. The van der Waals surface area contributed by atoms with E-state index in [1.807, 2.05) is 11.6 Å². The molecular weight excluding hydrogens is 285 g/mol. The van der Waals surface area contributed by atoms with Crippen molar-refractivity contribution in [3.05, 3.63) is 40.4 Å². The molecule has 90 valence electrons. The number of aromatic nitrogens is 2. The summed E-state index contributed by atoms with van der Waals surface area (Å²) < 4.78 is 15.6. The van der Waals surface area contributed by atoms with Crippen molar-refractivity contribution in [1.82, 2.24) is 9.55 Å². The highest BCUT2D eigenvalue weighted by molar-refractivity contribution is 9.10. The summed E-state index contributed by atoms with van der Waals surface area (Å²) in [6.45, 7) is 0.570. The van der Waals surface area contributed by atoms with Crippen molar-refractivity contribution in [2.45, 2.75) is 6.42 Å². The lowest BCUT2D eigenvalue weighted by Crippen LogP contribution is -2.07. The second-order valence-corrected chi connectivity index (χ2v) is 4.53. The van der Waals surface area contributed by atoms with Gasteiger partial charge in [0.15, 0.2) is 0 Å². The van der Waals surface area contributed by atoms with Gasteiger partial charge in [0, 0.05) is 19.0 Å². The van der Waals surface area contributed by atoms with Gasteiger partial charge in [-0.2, -0.15) is 0 Å². The van der Waals surface area contributed by atoms with Crippen LogP contribution in [0.5, 0.6) is 0 Å². The van der Waals surface area contributed by atoms with E-state index in [2.05, 4.69) is 20.9 Å². The molecular formula is C12H13BrFN3. The molecule has 0 bridgehead atoms.